The molecule has 0 saturated heterocycles. The summed E-state index contributed by atoms with van der Waals surface area (Å²) in [6.45, 7) is 0.203. The van der Waals surface area contributed by atoms with E-state index in [-0.39, 0.29) is 24.7 Å². The molecule has 0 spiro atoms. The molecule has 25 heavy (non-hydrogen) atoms. The van der Waals surface area contributed by atoms with Crippen LogP contribution in [0.2, 0.25) is 0 Å². The van der Waals surface area contributed by atoms with Crippen LogP contribution in [0.1, 0.15) is 22.8 Å². The fraction of sp³-hybridized carbons (Fsp3) is 0.211. The Hall–Kier alpha value is -3.02. The molecule has 0 saturated carbocycles. The van der Waals surface area contributed by atoms with Crippen molar-refractivity contribution in [2.75, 3.05) is 0 Å². The van der Waals surface area contributed by atoms with E-state index in [9.17, 15) is 9.18 Å². The largest absolute Gasteiger partial charge is 0.348 e. The highest BCUT2D eigenvalue weighted by atomic mass is 19.1. The zero-order valence-electron chi connectivity index (χ0n) is 13.6. The maximum absolute atomic E-state index is 12.8. The van der Waals surface area contributed by atoms with E-state index in [1.54, 1.807) is 12.1 Å². The topological polar surface area (TPSA) is 68.0 Å². The molecule has 0 unspecified atom stereocenters. The zero-order valence-corrected chi connectivity index (χ0v) is 13.6. The number of rotatable bonds is 7. The van der Waals surface area contributed by atoms with Gasteiger partial charge in [-0.25, -0.2) is 4.39 Å². The Morgan fingerprint density at radius 3 is 2.52 bits per heavy atom. The summed E-state index contributed by atoms with van der Waals surface area (Å²) >= 11 is 0. The standard InChI is InChI=1S/C19H18FN3O2/c20-16-9-6-15(7-10-16)12-18(24)21-13-17-22-19(25-23-17)11-8-14-4-2-1-3-5-14/h1-7,9-10H,8,11-13H2,(H,21,24). The molecule has 0 bridgehead atoms. The Labute approximate surface area is 144 Å². The van der Waals surface area contributed by atoms with Crippen LogP contribution in [0.4, 0.5) is 4.39 Å². The lowest BCUT2D eigenvalue weighted by molar-refractivity contribution is -0.120. The number of hydrogen-bond acceptors (Lipinski definition) is 4. The lowest BCUT2D eigenvalue weighted by Gasteiger charge is -2.02. The first-order valence-electron chi connectivity index (χ1n) is 8.05. The van der Waals surface area contributed by atoms with E-state index < -0.39 is 0 Å². The second-order valence-corrected chi connectivity index (χ2v) is 5.67. The highest BCUT2D eigenvalue weighted by molar-refractivity contribution is 5.78. The minimum Gasteiger partial charge on any atom is -0.348 e. The number of aryl methyl sites for hydroxylation is 2. The summed E-state index contributed by atoms with van der Waals surface area (Å²) in [7, 11) is 0. The van der Waals surface area contributed by atoms with Gasteiger partial charge in [0.1, 0.15) is 5.82 Å². The Bertz CT molecular complexity index is 816. The van der Waals surface area contributed by atoms with Crippen LogP contribution in [-0.2, 0) is 30.6 Å². The summed E-state index contributed by atoms with van der Waals surface area (Å²) in [5.74, 6) is 0.489. The Balaban J connectivity index is 1.45. The van der Waals surface area contributed by atoms with E-state index in [2.05, 4.69) is 15.5 Å². The van der Waals surface area contributed by atoms with Gasteiger partial charge in [-0.3, -0.25) is 4.79 Å². The van der Waals surface area contributed by atoms with Gasteiger partial charge in [0.2, 0.25) is 11.8 Å². The molecular formula is C19H18FN3O2. The molecule has 2 aromatic carbocycles. The van der Waals surface area contributed by atoms with Gasteiger partial charge in [0.15, 0.2) is 5.82 Å². The molecule has 1 amide bonds. The summed E-state index contributed by atoms with van der Waals surface area (Å²) in [5.41, 5.74) is 1.95. The molecular weight excluding hydrogens is 321 g/mol. The number of hydrogen-bond donors (Lipinski definition) is 1. The van der Waals surface area contributed by atoms with Gasteiger partial charge < -0.3 is 9.84 Å². The van der Waals surface area contributed by atoms with E-state index >= 15 is 0 Å². The molecule has 3 aromatic rings. The van der Waals surface area contributed by atoms with Crippen LogP contribution in [0.5, 0.6) is 0 Å². The number of nitrogens with one attached hydrogen (secondary N) is 1. The van der Waals surface area contributed by atoms with Crippen LogP contribution in [-0.4, -0.2) is 16.0 Å². The summed E-state index contributed by atoms with van der Waals surface area (Å²) in [4.78, 5) is 16.2. The van der Waals surface area contributed by atoms with Gasteiger partial charge >= 0.3 is 0 Å². The molecule has 5 nitrogen and oxygen atoms in total. The van der Waals surface area contributed by atoms with Crippen molar-refractivity contribution in [1.29, 1.82) is 0 Å². The van der Waals surface area contributed by atoms with Crippen molar-refractivity contribution in [3.63, 3.8) is 0 Å². The summed E-state index contributed by atoms with van der Waals surface area (Å²) in [5, 5.41) is 6.60. The van der Waals surface area contributed by atoms with Crippen LogP contribution >= 0.6 is 0 Å². The maximum Gasteiger partial charge on any atom is 0.227 e. The summed E-state index contributed by atoms with van der Waals surface area (Å²) < 4.78 is 18.0. The fourth-order valence-corrected chi connectivity index (χ4v) is 2.39. The van der Waals surface area contributed by atoms with Crippen molar-refractivity contribution in [3.8, 4) is 0 Å². The van der Waals surface area contributed by atoms with E-state index in [0.29, 0.717) is 18.1 Å². The van der Waals surface area contributed by atoms with E-state index in [1.807, 2.05) is 30.3 Å². The molecule has 0 aliphatic heterocycles. The smallest absolute Gasteiger partial charge is 0.227 e. The number of amides is 1. The monoisotopic (exact) mass is 339 g/mol. The van der Waals surface area contributed by atoms with Crippen LogP contribution in [0.25, 0.3) is 0 Å². The Kier molecular flexibility index (Phi) is 5.51. The third-order valence-electron chi connectivity index (χ3n) is 3.70. The third-order valence-corrected chi connectivity index (χ3v) is 3.70. The number of carbonyl (C=O) groups is 1. The van der Waals surface area contributed by atoms with Crippen molar-refractivity contribution < 1.29 is 13.7 Å². The van der Waals surface area contributed by atoms with Gasteiger partial charge in [-0.2, -0.15) is 4.98 Å². The molecule has 0 aliphatic carbocycles. The highest BCUT2D eigenvalue weighted by Crippen LogP contribution is 2.06. The molecule has 6 heteroatoms. The van der Waals surface area contributed by atoms with Gasteiger partial charge in [-0.1, -0.05) is 47.6 Å². The predicted molar refractivity (Wildman–Crippen MR) is 90.1 cm³/mol. The summed E-state index contributed by atoms with van der Waals surface area (Å²) in [6.07, 6.45) is 1.65. The first-order chi connectivity index (χ1) is 12.2. The molecule has 0 atom stereocenters. The van der Waals surface area contributed by atoms with Crippen LogP contribution in [0, 0.1) is 5.82 Å². The van der Waals surface area contributed by atoms with Crippen LogP contribution < -0.4 is 5.32 Å². The Morgan fingerprint density at radius 1 is 1.00 bits per heavy atom. The van der Waals surface area contributed by atoms with Crippen molar-refractivity contribution >= 4 is 5.91 Å². The number of nitrogens with zero attached hydrogens (tertiary/aromatic N) is 2. The minimum atomic E-state index is -0.320. The maximum atomic E-state index is 12.8. The molecule has 1 heterocycles. The van der Waals surface area contributed by atoms with Crippen molar-refractivity contribution in [3.05, 3.63) is 83.3 Å². The second-order valence-electron chi connectivity index (χ2n) is 5.67. The van der Waals surface area contributed by atoms with Crippen LogP contribution in [0.3, 0.4) is 0 Å². The number of benzene rings is 2. The van der Waals surface area contributed by atoms with E-state index in [4.69, 9.17) is 4.52 Å². The second kappa shape index (κ2) is 8.19. The first-order valence-corrected chi connectivity index (χ1v) is 8.05. The van der Waals surface area contributed by atoms with Gasteiger partial charge in [-0.15, -0.1) is 0 Å². The zero-order chi connectivity index (χ0) is 17.5. The SMILES string of the molecule is O=C(Cc1ccc(F)cc1)NCc1noc(CCc2ccccc2)n1. The Morgan fingerprint density at radius 2 is 1.76 bits per heavy atom. The molecule has 1 N–H and O–H groups in total. The van der Waals surface area contributed by atoms with Gasteiger partial charge in [-0.05, 0) is 29.7 Å². The predicted octanol–water partition coefficient (Wildman–Crippen LogP) is 2.85. The van der Waals surface area contributed by atoms with Crippen LogP contribution in [0.15, 0.2) is 59.1 Å². The lowest BCUT2D eigenvalue weighted by Crippen LogP contribution is -2.25. The van der Waals surface area contributed by atoms with E-state index in [0.717, 1.165) is 12.0 Å². The third kappa shape index (κ3) is 5.24. The van der Waals surface area contributed by atoms with Gasteiger partial charge in [0.25, 0.3) is 0 Å². The van der Waals surface area contributed by atoms with E-state index in [1.165, 1.54) is 17.7 Å². The fourth-order valence-electron chi connectivity index (χ4n) is 2.39. The highest BCUT2D eigenvalue weighted by Gasteiger charge is 2.09. The number of aromatic nitrogens is 2. The number of halogens is 1. The van der Waals surface area contributed by atoms with Crippen molar-refractivity contribution in [1.82, 2.24) is 15.5 Å². The minimum absolute atomic E-state index is 0.178. The quantitative estimate of drug-likeness (QED) is 0.719. The normalized spacial score (nSPS) is 10.6. The molecule has 0 radical (unpaired) electrons. The van der Waals surface area contributed by atoms with Crippen molar-refractivity contribution in [2.24, 2.45) is 0 Å². The number of carbonyl (C=O) groups excluding carboxylic acids is 1. The molecule has 0 fully saturated rings. The average molecular weight is 339 g/mol. The molecule has 1 aromatic heterocycles. The molecule has 0 aliphatic rings. The lowest BCUT2D eigenvalue weighted by atomic mass is 10.1. The average Bonchev–Trinajstić information content (AvgIpc) is 3.09. The van der Waals surface area contributed by atoms with Crippen molar-refractivity contribution in [2.45, 2.75) is 25.8 Å². The molecule has 128 valence electrons. The van der Waals surface area contributed by atoms with Gasteiger partial charge in [0.05, 0.1) is 13.0 Å². The first kappa shape index (κ1) is 16.8. The van der Waals surface area contributed by atoms with Gasteiger partial charge in [0, 0.05) is 6.42 Å². The molecule has 3 rings (SSSR count). The summed E-state index contributed by atoms with van der Waals surface area (Å²) in [6, 6.07) is 15.9.